The summed E-state index contributed by atoms with van der Waals surface area (Å²) in [6, 6.07) is 18.4. The first kappa shape index (κ1) is 31.9. The van der Waals surface area contributed by atoms with Gasteiger partial charge >= 0.3 is 5.97 Å². The lowest BCUT2D eigenvalue weighted by Crippen LogP contribution is -2.53. The molecule has 4 heteroatoms. The van der Waals surface area contributed by atoms with E-state index in [9.17, 15) is 4.79 Å². The van der Waals surface area contributed by atoms with Crippen LogP contribution in [0.25, 0.3) is 0 Å². The maximum atomic E-state index is 13.2. The van der Waals surface area contributed by atoms with Gasteiger partial charge in [-0.2, -0.15) is 0 Å². The van der Waals surface area contributed by atoms with E-state index < -0.39 is 6.29 Å². The third-order valence-electron chi connectivity index (χ3n) is 7.50. The molecule has 0 saturated heterocycles. The highest BCUT2D eigenvalue weighted by molar-refractivity contribution is 5.74. The molecule has 2 rings (SSSR count). The number of aryl methyl sites for hydroxylation is 1. The van der Waals surface area contributed by atoms with Gasteiger partial charge in [0, 0.05) is 18.4 Å². The van der Waals surface area contributed by atoms with Crippen molar-refractivity contribution in [1.82, 2.24) is 0 Å². The van der Waals surface area contributed by atoms with Crippen LogP contribution in [0.15, 0.2) is 54.6 Å². The van der Waals surface area contributed by atoms with Crippen molar-refractivity contribution >= 4 is 5.97 Å². The Kier molecular flexibility index (Phi) is 15.1. The van der Waals surface area contributed by atoms with Gasteiger partial charge in [0.15, 0.2) is 6.04 Å². The van der Waals surface area contributed by atoms with E-state index in [4.69, 9.17) is 9.47 Å². The van der Waals surface area contributed by atoms with Crippen molar-refractivity contribution in [3.63, 3.8) is 0 Å². The Bertz CT molecular complexity index is 896. The fourth-order valence-electron chi connectivity index (χ4n) is 5.25. The minimum atomic E-state index is -0.583. The molecule has 0 saturated carbocycles. The number of carbonyl (C=O) groups excluding carboxylic acids is 1. The summed E-state index contributed by atoms with van der Waals surface area (Å²) >= 11 is 0. The van der Waals surface area contributed by atoms with Gasteiger partial charge in [0.05, 0.1) is 14.1 Å². The van der Waals surface area contributed by atoms with Crippen molar-refractivity contribution in [1.29, 1.82) is 0 Å². The maximum absolute atomic E-state index is 13.2. The molecule has 2 atom stereocenters. The van der Waals surface area contributed by atoms with E-state index in [1.54, 1.807) is 0 Å². The fraction of sp³-hybridized carbons (Fsp3) is 0.618. The number of hydrogen-bond donors (Lipinski definition) is 0. The van der Waals surface area contributed by atoms with Crippen molar-refractivity contribution in [3.05, 3.63) is 65.7 Å². The second-order valence-electron chi connectivity index (χ2n) is 11.3. The Morgan fingerprint density at radius 3 is 1.95 bits per heavy atom. The predicted octanol–water partition coefficient (Wildman–Crippen LogP) is 8.86. The second kappa shape index (κ2) is 18.0. The number of nitrogens with zero attached hydrogens (tertiary/aromatic N) is 1. The van der Waals surface area contributed by atoms with Crippen LogP contribution < -0.4 is 4.74 Å². The molecule has 2 aromatic carbocycles. The first-order valence-corrected chi connectivity index (χ1v) is 15.2. The van der Waals surface area contributed by atoms with Gasteiger partial charge in [0.25, 0.3) is 0 Å². The van der Waals surface area contributed by atoms with E-state index in [2.05, 4.69) is 52.2 Å². The molecule has 0 radical (unpaired) electrons. The topological polar surface area (TPSA) is 35.5 Å². The van der Waals surface area contributed by atoms with Crippen LogP contribution in [0.2, 0.25) is 0 Å². The molecule has 0 fully saturated rings. The molecule has 38 heavy (non-hydrogen) atoms. The van der Waals surface area contributed by atoms with Crippen LogP contribution in [0.4, 0.5) is 0 Å². The van der Waals surface area contributed by atoms with Gasteiger partial charge < -0.3 is 14.0 Å². The van der Waals surface area contributed by atoms with Gasteiger partial charge in [-0.15, -0.1) is 0 Å². The van der Waals surface area contributed by atoms with Crippen LogP contribution in [0.3, 0.4) is 0 Å². The molecule has 4 nitrogen and oxygen atoms in total. The summed E-state index contributed by atoms with van der Waals surface area (Å²) in [5.41, 5.74) is 2.50. The summed E-state index contributed by atoms with van der Waals surface area (Å²) in [5.74, 6) is 0.585. The monoisotopic (exact) mass is 524 g/mol. The minimum absolute atomic E-state index is 0.193. The van der Waals surface area contributed by atoms with E-state index in [0.29, 0.717) is 17.3 Å². The van der Waals surface area contributed by atoms with Crippen LogP contribution in [0, 0.1) is 0 Å². The quantitative estimate of drug-likeness (QED) is 0.0751. The number of rotatable bonds is 20. The van der Waals surface area contributed by atoms with E-state index in [-0.39, 0.29) is 12.0 Å². The highest BCUT2D eigenvalue weighted by Gasteiger charge is 2.36. The number of hydrogen-bond acceptors (Lipinski definition) is 3. The average Bonchev–Trinajstić information content (AvgIpc) is 2.90. The standard InChI is InChI=1S/C34H54NO3/c1-6-9-10-11-12-13-14-15-16-18-22-29-25-21-26-31(27-29)37-33(8-3)38-34(36)32(7-2)35(4,5)28-30-23-19-17-20-24-30/h17,19-21,23-27,32-33H,6-16,18,22,28H2,1-5H3/q+1. The number of unbranched alkanes of at least 4 members (excludes halogenated alkanes) is 9. The number of likely N-dealkylation sites (N-methyl/N-ethyl adjacent to an activating group) is 1. The molecule has 0 aromatic heterocycles. The lowest BCUT2D eigenvalue weighted by atomic mass is 10.0. The molecule has 2 aromatic rings. The van der Waals surface area contributed by atoms with Gasteiger partial charge in [-0.25, -0.2) is 4.79 Å². The number of benzene rings is 2. The SMILES string of the molecule is CCCCCCCCCCCCc1cccc(OC(CC)OC(=O)C(CC)[N+](C)(C)Cc2ccccc2)c1. The molecule has 0 N–H and O–H groups in total. The van der Waals surface area contributed by atoms with Crippen LogP contribution in [0.1, 0.15) is 109 Å². The Morgan fingerprint density at radius 2 is 1.34 bits per heavy atom. The first-order valence-electron chi connectivity index (χ1n) is 15.2. The highest BCUT2D eigenvalue weighted by atomic mass is 16.7. The smallest absolute Gasteiger partial charge is 0.368 e. The third kappa shape index (κ3) is 12.0. The zero-order chi connectivity index (χ0) is 27.6. The Labute approximate surface area is 233 Å². The second-order valence-corrected chi connectivity index (χ2v) is 11.3. The summed E-state index contributed by atoms with van der Waals surface area (Å²) < 4.78 is 12.6. The Balaban J connectivity index is 1.80. The Morgan fingerprint density at radius 1 is 0.737 bits per heavy atom. The Hall–Kier alpha value is -2.33. The molecule has 0 aliphatic heterocycles. The molecular formula is C34H54NO3+. The molecule has 0 heterocycles. The molecule has 0 aliphatic carbocycles. The molecule has 0 amide bonds. The van der Waals surface area contributed by atoms with Gasteiger partial charge in [-0.3, -0.25) is 0 Å². The normalized spacial score (nSPS) is 13.2. The van der Waals surface area contributed by atoms with E-state index >= 15 is 0 Å². The van der Waals surface area contributed by atoms with Crippen molar-refractivity contribution in [3.8, 4) is 5.75 Å². The third-order valence-corrected chi connectivity index (χ3v) is 7.50. The minimum Gasteiger partial charge on any atom is -0.455 e. The van der Waals surface area contributed by atoms with Gasteiger partial charge in [-0.1, -0.05) is 121 Å². The summed E-state index contributed by atoms with van der Waals surface area (Å²) in [5, 5.41) is 0. The van der Waals surface area contributed by atoms with Gasteiger partial charge in [-0.05, 0) is 30.5 Å². The van der Waals surface area contributed by atoms with Crippen LogP contribution >= 0.6 is 0 Å². The number of carbonyl (C=O) groups is 1. The lowest BCUT2D eigenvalue weighted by molar-refractivity contribution is -0.919. The molecule has 212 valence electrons. The average molecular weight is 525 g/mol. The number of esters is 1. The van der Waals surface area contributed by atoms with Gasteiger partial charge in [0.1, 0.15) is 12.3 Å². The summed E-state index contributed by atoms with van der Waals surface area (Å²) in [6.45, 7) is 7.09. The van der Waals surface area contributed by atoms with E-state index in [1.807, 2.05) is 37.3 Å². The zero-order valence-electron chi connectivity index (χ0n) is 24.9. The summed E-state index contributed by atoms with van der Waals surface area (Å²) in [7, 11) is 4.20. The van der Waals surface area contributed by atoms with Crippen molar-refractivity contribution in [2.75, 3.05) is 14.1 Å². The van der Waals surface area contributed by atoms with Crippen LogP contribution in [-0.4, -0.2) is 36.9 Å². The number of quaternary nitrogens is 1. The molecule has 0 aliphatic rings. The lowest BCUT2D eigenvalue weighted by Gasteiger charge is -2.36. The van der Waals surface area contributed by atoms with E-state index in [1.165, 1.54) is 75.3 Å². The van der Waals surface area contributed by atoms with Crippen molar-refractivity contribution in [2.45, 2.75) is 123 Å². The molecule has 0 spiro atoms. The first-order chi connectivity index (χ1) is 18.4. The predicted molar refractivity (Wildman–Crippen MR) is 159 cm³/mol. The zero-order valence-corrected chi connectivity index (χ0v) is 24.9. The molecular weight excluding hydrogens is 470 g/mol. The fourth-order valence-corrected chi connectivity index (χ4v) is 5.25. The highest BCUT2D eigenvalue weighted by Crippen LogP contribution is 2.22. The van der Waals surface area contributed by atoms with Crippen LogP contribution in [-0.2, 0) is 22.5 Å². The summed E-state index contributed by atoms with van der Waals surface area (Å²) in [6.07, 6.45) is 15.3. The largest absolute Gasteiger partial charge is 0.455 e. The summed E-state index contributed by atoms with van der Waals surface area (Å²) in [4.78, 5) is 13.2. The van der Waals surface area contributed by atoms with Crippen LogP contribution in [0.5, 0.6) is 5.75 Å². The number of ether oxygens (including phenoxy) is 2. The van der Waals surface area contributed by atoms with Crippen molar-refractivity contribution < 1.29 is 18.8 Å². The van der Waals surface area contributed by atoms with E-state index in [0.717, 1.165) is 18.7 Å². The molecule has 2 unspecified atom stereocenters. The van der Waals surface area contributed by atoms with Gasteiger partial charge in [0.2, 0.25) is 6.29 Å². The molecule has 0 bridgehead atoms. The maximum Gasteiger partial charge on any atom is 0.368 e. The van der Waals surface area contributed by atoms with Crippen molar-refractivity contribution in [2.24, 2.45) is 0 Å².